The maximum Gasteiger partial charge on any atom is 0.266 e. The molecule has 5 nitrogen and oxygen atoms in total. The van der Waals surface area contributed by atoms with Crippen LogP contribution in [0.1, 0.15) is 35.7 Å². The van der Waals surface area contributed by atoms with Crippen LogP contribution in [0.2, 0.25) is 0 Å². The highest BCUT2D eigenvalue weighted by Crippen LogP contribution is 2.22. The Labute approximate surface area is 171 Å². The van der Waals surface area contributed by atoms with Gasteiger partial charge in [-0.25, -0.2) is 0 Å². The van der Waals surface area contributed by atoms with Gasteiger partial charge in [0.2, 0.25) is 0 Å². The second kappa shape index (κ2) is 9.70. The van der Waals surface area contributed by atoms with Crippen LogP contribution in [0.5, 0.6) is 0 Å². The van der Waals surface area contributed by atoms with Gasteiger partial charge in [0.25, 0.3) is 5.91 Å². The highest BCUT2D eigenvalue weighted by molar-refractivity contribution is 5.97. The van der Waals surface area contributed by atoms with Gasteiger partial charge in [-0.15, -0.1) is 0 Å². The topological polar surface area (TPSA) is 73.2 Å². The van der Waals surface area contributed by atoms with Gasteiger partial charge in [-0.3, -0.25) is 9.59 Å². The van der Waals surface area contributed by atoms with Gasteiger partial charge in [-0.05, 0) is 61.9 Å². The standard InChI is InChI=1S/C24H25N3O2/c1-18(28)21-7-9-23(10-8-21)26-17-22(16-25)24(29)27-13-11-20(12-14-27)15-19-5-3-2-4-6-19/h2-10,17,20,26H,11-15H2,1H3/b22-17-. The van der Waals surface area contributed by atoms with Gasteiger partial charge < -0.3 is 10.2 Å². The van der Waals surface area contributed by atoms with E-state index in [1.54, 1.807) is 29.2 Å². The summed E-state index contributed by atoms with van der Waals surface area (Å²) in [5.41, 5.74) is 2.75. The monoisotopic (exact) mass is 387 g/mol. The molecule has 2 aromatic rings. The summed E-state index contributed by atoms with van der Waals surface area (Å²) in [5.74, 6) is 0.322. The van der Waals surface area contributed by atoms with E-state index in [0.29, 0.717) is 24.6 Å². The third kappa shape index (κ3) is 5.55. The van der Waals surface area contributed by atoms with E-state index < -0.39 is 0 Å². The Balaban J connectivity index is 1.55. The second-order valence-corrected chi connectivity index (χ2v) is 7.37. The van der Waals surface area contributed by atoms with Crippen molar-refractivity contribution in [1.29, 1.82) is 5.26 Å². The molecule has 1 amide bonds. The lowest BCUT2D eigenvalue weighted by Gasteiger charge is -2.32. The smallest absolute Gasteiger partial charge is 0.266 e. The average Bonchev–Trinajstić information content (AvgIpc) is 2.75. The number of nitrogens with zero attached hydrogens (tertiary/aromatic N) is 2. The van der Waals surface area contributed by atoms with Crippen molar-refractivity contribution >= 4 is 17.4 Å². The van der Waals surface area contributed by atoms with Gasteiger partial charge in [-0.2, -0.15) is 5.26 Å². The predicted molar refractivity (Wildman–Crippen MR) is 113 cm³/mol. The van der Waals surface area contributed by atoms with Crippen molar-refractivity contribution in [2.24, 2.45) is 5.92 Å². The summed E-state index contributed by atoms with van der Waals surface area (Å²) < 4.78 is 0. The van der Waals surface area contributed by atoms with Gasteiger partial charge in [-0.1, -0.05) is 30.3 Å². The molecule has 1 saturated heterocycles. The molecule has 0 radical (unpaired) electrons. The van der Waals surface area contributed by atoms with Crippen molar-refractivity contribution in [2.45, 2.75) is 26.2 Å². The number of piperidine rings is 1. The molecule has 29 heavy (non-hydrogen) atoms. The molecule has 1 N–H and O–H groups in total. The van der Waals surface area contributed by atoms with Crippen LogP contribution in [-0.4, -0.2) is 29.7 Å². The second-order valence-electron chi connectivity index (χ2n) is 7.37. The molecule has 2 aromatic carbocycles. The fourth-order valence-corrected chi connectivity index (χ4v) is 3.56. The molecule has 1 aliphatic heterocycles. The lowest BCUT2D eigenvalue weighted by molar-refractivity contribution is -0.128. The number of nitrogens with one attached hydrogen (secondary N) is 1. The number of likely N-dealkylation sites (tertiary alicyclic amines) is 1. The van der Waals surface area contributed by atoms with Crippen molar-refractivity contribution < 1.29 is 9.59 Å². The summed E-state index contributed by atoms with van der Waals surface area (Å²) in [7, 11) is 0. The summed E-state index contributed by atoms with van der Waals surface area (Å²) in [6, 6.07) is 19.3. The SMILES string of the molecule is CC(=O)c1ccc(N/C=C(/C#N)C(=O)N2CCC(Cc3ccccc3)CC2)cc1. The molecule has 0 saturated carbocycles. The first-order valence-electron chi connectivity index (χ1n) is 9.88. The van der Waals surface area contributed by atoms with E-state index in [-0.39, 0.29) is 17.3 Å². The third-order valence-corrected chi connectivity index (χ3v) is 5.29. The molecular weight excluding hydrogens is 362 g/mol. The number of Topliss-reactive ketones (excluding diaryl/α,β-unsaturated/α-hetero) is 1. The minimum Gasteiger partial charge on any atom is -0.360 e. The molecule has 148 valence electrons. The number of hydrogen-bond donors (Lipinski definition) is 1. The number of carbonyl (C=O) groups is 2. The van der Waals surface area contributed by atoms with Gasteiger partial charge in [0.1, 0.15) is 11.6 Å². The zero-order valence-corrected chi connectivity index (χ0v) is 16.6. The lowest BCUT2D eigenvalue weighted by atomic mass is 9.90. The van der Waals surface area contributed by atoms with E-state index in [2.05, 4.69) is 29.6 Å². The van der Waals surface area contributed by atoms with Gasteiger partial charge in [0.05, 0.1) is 0 Å². The first kappa shape index (κ1) is 20.3. The molecule has 0 unspecified atom stereocenters. The number of hydrogen-bond acceptors (Lipinski definition) is 4. The van der Waals surface area contributed by atoms with Crippen LogP contribution in [0.25, 0.3) is 0 Å². The van der Waals surface area contributed by atoms with Crippen molar-refractivity contribution in [1.82, 2.24) is 4.90 Å². The number of rotatable bonds is 6. The van der Waals surface area contributed by atoms with E-state index in [1.165, 1.54) is 18.7 Å². The van der Waals surface area contributed by atoms with Crippen LogP contribution in [-0.2, 0) is 11.2 Å². The summed E-state index contributed by atoms with van der Waals surface area (Å²) in [4.78, 5) is 25.8. The molecule has 1 fully saturated rings. The largest absolute Gasteiger partial charge is 0.360 e. The molecule has 0 bridgehead atoms. The Kier molecular flexibility index (Phi) is 6.80. The summed E-state index contributed by atoms with van der Waals surface area (Å²) in [5, 5.41) is 12.4. The number of ketones is 1. The summed E-state index contributed by atoms with van der Waals surface area (Å²) >= 11 is 0. The summed E-state index contributed by atoms with van der Waals surface area (Å²) in [6.45, 7) is 2.85. The molecule has 0 aliphatic carbocycles. The van der Waals surface area contributed by atoms with Crippen molar-refractivity contribution in [3.8, 4) is 6.07 Å². The van der Waals surface area contributed by atoms with E-state index in [0.717, 1.165) is 24.9 Å². The maximum absolute atomic E-state index is 12.7. The zero-order valence-electron chi connectivity index (χ0n) is 16.6. The Morgan fingerprint density at radius 1 is 1.10 bits per heavy atom. The third-order valence-electron chi connectivity index (χ3n) is 5.29. The van der Waals surface area contributed by atoms with Crippen molar-refractivity contribution in [3.63, 3.8) is 0 Å². The fourth-order valence-electron chi connectivity index (χ4n) is 3.56. The molecule has 1 aliphatic rings. The number of benzene rings is 2. The quantitative estimate of drug-likeness (QED) is 0.458. The molecular formula is C24H25N3O2. The van der Waals surface area contributed by atoms with Crippen LogP contribution < -0.4 is 5.32 Å². The molecule has 3 rings (SSSR count). The van der Waals surface area contributed by atoms with Crippen LogP contribution in [0.4, 0.5) is 5.69 Å². The Morgan fingerprint density at radius 3 is 2.34 bits per heavy atom. The molecule has 1 heterocycles. The lowest BCUT2D eigenvalue weighted by Crippen LogP contribution is -2.39. The fraction of sp³-hybridized carbons (Fsp3) is 0.292. The first-order chi connectivity index (χ1) is 14.1. The highest BCUT2D eigenvalue weighted by Gasteiger charge is 2.25. The van der Waals surface area contributed by atoms with Gasteiger partial charge >= 0.3 is 0 Å². The van der Waals surface area contributed by atoms with E-state index in [1.807, 2.05) is 12.1 Å². The average molecular weight is 387 g/mol. The Morgan fingerprint density at radius 2 is 1.76 bits per heavy atom. The number of amides is 1. The molecule has 0 aromatic heterocycles. The maximum atomic E-state index is 12.7. The molecule has 5 heteroatoms. The molecule has 0 spiro atoms. The predicted octanol–water partition coefficient (Wildman–Crippen LogP) is 4.19. The van der Waals surface area contributed by atoms with Crippen LogP contribution in [0.15, 0.2) is 66.4 Å². The van der Waals surface area contributed by atoms with Crippen molar-refractivity contribution in [3.05, 3.63) is 77.5 Å². The number of nitriles is 1. The van der Waals surface area contributed by atoms with Crippen LogP contribution in [0.3, 0.4) is 0 Å². The van der Waals surface area contributed by atoms with Gasteiger partial charge in [0.15, 0.2) is 5.78 Å². The van der Waals surface area contributed by atoms with Crippen LogP contribution in [0, 0.1) is 17.2 Å². The number of carbonyl (C=O) groups excluding carboxylic acids is 2. The Bertz CT molecular complexity index is 919. The summed E-state index contributed by atoms with van der Waals surface area (Å²) in [6.07, 6.45) is 4.36. The van der Waals surface area contributed by atoms with E-state index >= 15 is 0 Å². The number of anilines is 1. The molecule has 0 atom stereocenters. The van der Waals surface area contributed by atoms with Gasteiger partial charge in [0, 0.05) is 30.5 Å². The Hall–Kier alpha value is -3.39. The minimum atomic E-state index is -0.237. The van der Waals surface area contributed by atoms with Crippen molar-refractivity contribution in [2.75, 3.05) is 18.4 Å². The van der Waals surface area contributed by atoms with E-state index in [9.17, 15) is 14.9 Å². The minimum absolute atomic E-state index is 0.00403. The normalized spacial score (nSPS) is 14.9. The highest BCUT2D eigenvalue weighted by atomic mass is 16.2. The van der Waals surface area contributed by atoms with Crippen LogP contribution >= 0.6 is 0 Å². The first-order valence-corrected chi connectivity index (χ1v) is 9.88. The zero-order chi connectivity index (χ0) is 20.6. The van der Waals surface area contributed by atoms with E-state index in [4.69, 9.17) is 0 Å².